The normalized spacial score (nSPS) is 11.0. The molecule has 0 aliphatic heterocycles. The van der Waals surface area contributed by atoms with Crippen molar-refractivity contribution in [2.75, 3.05) is 0 Å². The van der Waals surface area contributed by atoms with Crippen LogP contribution in [0.2, 0.25) is 5.02 Å². The van der Waals surface area contributed by atoms with Gasteiger partial charge in [-0.3, -0.25) is 0 Å². The van der Waals surface area contributed by atoms with Crippen LogP contribution in [0.4, 0.5) is 0 Å². The maximum atomic E-state index is 12.2. The summed E-state index contributed by atoms with van der Waals surface area (Å²) in [5.41, 5.74) is 3.04. The van der Waals surface area contributed by atoms with Gasteiger partial charge in [-0.05, 0) is 53.2 Å². The van der Waals surface area contributed by atoms with Crippen molar-refractivity contribution in [3.8, 4) is 17.1 Å². The number of benzene rings is 2. The molecule has 0 aliphatic rings. The van der Waals surface area contributed by atoms with Crippen LogP contribution in [0.25, 0.3) is 11.4 Å². The summed E-state index contributed by atoms with van der Waals surface area (Å²) in [6.07, 6.45) is 3.43. The number of rotatable bonds is 5. The molecule has 0 spiro atoms. The summed E-state index contributed by atoms with van der Waals surface area (Å²) < 4.78 is 10.1. The first-order chi connectivity index (χ1) is 13.5. The second-order valence-electron chi connectivity index (χ2n) is 6.26. The van der Waals surface area contributed by atoms with Crippen molar-refractivity contribution >= 4 is 11.6 Å². The monoisotopic (exact) mass is 396 g/mol. The van der Waals surface area contributed by atoms with Crippen LogP contribution >= 0.6 is 11.6 Å². The number of aromatic nitrogens is 6. The van der Waals surface area contributed by atoms with E-state index in [1.807, 2.05) is 37.3 Å². The van der Waals surface area contributed by atoms with Crippen LogP contribution < -0.4 is 10.4 Å². The van der Waals surface area contributed by atoms with Crippen molar-refractivity contribution in [3.05, 3.63) is 81.5 Å². The molecule has 2 aromatic heterocycles. The molecule has 0 bridgehead atoms. The van der Waals surface area contributed by atoms with Crippen LogP contribution in [0.1, 0.15) is 11.1 Å². The van der Waals surface area contributed by atoms with Crippen molar-refractivity contribution in [3.63, 3.8) is 0 Å². The van der Waals surface area contributed by atoms with E-state index >= 15 is 0 Å². The lowest BCUT2D eigenvalue weighted by atomic mass is 10.1. The van der Waals surface area contributed by atoms with Crippen LogP contribution in [-0.2, 0) is 13.7 Å². The SMILES string of the molecule is Cc1cccc(-n2nnn(C)c2=O)c1COc1cnn(-c2ccc(Cl)cc2)c1. The molecular weight excluding hydrogens is 380 g/mol. The van der Waals surface area contributed by atoms with Gasteiger partial charge in [0.05, 0.1) is 23.8 Å². The van der Waals surface area contributed by atoms with Crippen molar-refractivity contribution < 1.29 is 4.74 Å². The smallest absolute Gasteiger partial charge is 0.368 e. The summed E-state index contributed by atoms with van der Waals surface area (Å²) >= 11 is 5.93. The topological polar surface area (TPSA) is 79.8 Å². The quantitative estimate of drug-likeness (QED) is 0.518. The summed E-state index contributed by atoms with van der Waals surface area (Å²) in [6.45, 7) is 2.22. The van der Waals surface area contributed by atoms with Crippen LogP contribution in [-0.4, -0.2) is 29.6 Å². The largest absolute Gasteiger partial charge is 0.486 e. The van der Waals surface area contributed by atoms with Gasteiger partial charge >= 0.3 is 5.69 Å². The Morgan fingerprint density at radius 1 is 1.11 bits per heavy atom. The highest BCUT2D eigenvalue weighted by Gasteiger charge is 2.14. The molecule has 0 fully saturated rings. The fourth-order valence-corrected chi connectivity index (χ4v) is 2.94. The maximum absolute atomic E-state index is 12.2. The van der Waals surface area contributed by atoms with E-state index in [2.05, 4.69) is 15.5 Å². The molecule has 0 atom stereocenters. The first-order valence-electron chi connectivity index (χ1n) is 8.54. The Morgan fingerprint density at radius 2 is 1.89 bits per heavy atom. The van der Waals surface area contributed by atoms with Gasteiger partial charge in [-0.15, -0.1) is 0 Å². The first kappa shape index (κ1) is 18.0. The fraction of sp³-hybridized carbons (Fsp3) is 0.158. The minimum Gasteiger partial charge on any atom is -0.486 e. The second-order valence-corrected chi connectivity index (χ2v) is 6.69. The van der Waals surface area contributed by atoms with E-state index in [1.165, 1.54) is 9.36 Å². The average molecular weight is 397 g/mol. The highest BCUT2D eigenvalue weighted by atomic mass is 35.5. The van der Waals surface area contributed by atoms with Gasteiger partial charge in [-0.2, -0.15) is 14.5 Å². The third-order valence-electron chi connectivity index (χ3n) is 4.37. The Labute approximate surface area is 165 Å². The number of aryl methyl sites for hydroxylation is 2. The zero-order chi connectivity index (χ0) is 19.7. The van der Waals surface area contributed by atoms with E-state index in [0.717, 1.165) is 16.8 Å². The van der Waals surface area contributed by atoms with E-state index < -0.39 is 0 Å². The number of nitrogens with zero attached hydrogens (tertiary/aromatic N) is 6. The molecule has 0 radical (unpaired) electrons. The Hall–Kier alpha value is -3.39. The van der Waals surface area contributed by atoms with Gasteiger partial charge in [0.2, 0.25) is 0 Å². The molecule has 8 nitrogen and oxygen atoms in total. The minimum atomic E-state index is -0.317. The molecule has 28 heavy (non-hydrogen) atoms. The minimum absolute atomic E-state index is 0.261. The highest BCUT2D eigenvalue weighted by Crippen LogP contribution is 2.21. The number of hydrogen-bond donors (Lipinski definition) is 0. The van der Waals surface area contributed by atoms with Crippen LogP contribution in [0.3, 0.4) is 0 Å². The summed E-state index contributed by atoms with van der Waals surface area (Å²) in [5, 5.41) is 12.7. The lowest BCUT2D eigenvalue weighted by Gasteiger charge is -2.11. The van der Waals surface area contributed by atoms with Gasteiger partial charge in [0.25, 0.3) is 0 Å². The van der Waals surface area contributed by atoms with Gasteiger partial charge in [0.1, 0.15) is 6.61 Å². The number of hydrogen-bond acceptors (Lipinski definition) is 5. The Balaban J connectivity index is 1.58. The number of tetrazole rings is 1. The molecule has 0 N–H and O–H groups in total. The van der Waals surface area contributed by atoms with E-state index in [-0.39, 0.29) is 12.3 Å². The Morgan fingerprint density at radius 3 is 2.61 bits per heavy atom. The van der Waals surface area contributed by atoms with Gasteiger partial charge < -0.3 is 4.74 Å². The van der Waals surface area contributed by atoms with Crippen molar-refractivity contribution in [2.24, 2.45) is 7.05 Å². The van der Waals surface area contributed by atoms with Crippen LogP contribution in [0.5, 0.6) is 5.75 Å². The van der Waals surface area contributed by atoms with Gasteiger partial charge in [-0.1, -0.05) is 23.7 Å². The standard InChI is InChI=1S/C19H17ClN6O2/c1-13-4-3-5-18(26-19(27)24(2)22-23-26)17(13)12-28-16-10-21-25(11-16)15-8-6-14(20)7-9-15/h3-11H,12H2,1-2H3. The molecule has 0 aliphatic carbocycles. The number of halogens is 1. The zero-order valence-electron chi connectivity index (χ0n) is 15.3. The summed E-state index contributed by atoms with van der Waals surface area (Å²) in [6, 6.07) is 13.0. The van der Waals surface area contributed by atoms with E-state index in [9.17, 15) is 4.79 Å². The molecular formula is C19H17ClN6O2. The Bertz CT molecular complexity index is 1180. The second kappa shape index (κ2) is 7.32. The average Bonchev–Trinajstić information content (AvgIpc) is 3.29. The molecule has 4 aromatic rings. The molecule has 9 heteroatoms. The molecule has 0 amide bonds. The predicted molar refractivity (Wildman–Crippen MR) is 104 cm³/mol. The molecule has 142 valence electrons. The lowest BCUT2D eigenvalue weighted by molar-refractivity contribution is 0.304. The van der Waals surface area contributed by atoms with E-state index in [0.29, 0.717) is 16.5 Å². The third kappa shape index (κ3) is 3.41. The van der Waals surface area contributed by atoms with Crippen LogP contribution in [0.15, 0.2) is 59.7 Å². The van der Waals surface area contributed by atoms with Gasteiger partial charge in [0, 0.05) is 17.6 Å². The molecule has 2 heterocycles. The van der Waals surface area contributed by atoms with Crippen molar-refractivity contribution in [2.45, 2.75) is 13.5 Å². The van der Waals surface area contributed by atoms with Crippen molar-refractivity contribution in [1.29, 1.82) is 0 Å². The highest BCUT2D eigenvalue weighted by molar-refractivity contribution is 6.30. The Kier molecular flexibility index (Phi) is 4.70. The van der Waals surface area contributed by atoms with E-state index in [4.69, 9.17) is 16.3 Å². The van der Waals surface area contributed by atoms with Gasteiger partial charge in [-0.25, -0.2) is 9.48 Å². The summed E-state index contributed by atoms with van der Waals surface area (Å²) in [4.78, 5) is 12.2. The fourth-order valence-electron chi connectivity index (χ4n) is 2.81. The molecule has 0 saturated heterocycles. The predicted octanol–water partition coefficient (Wildman–Crippen LogP) is 2.69. The maximum Gasteiger partial charge on any atom is 0.368 e. The van der Waals surface area contributed by atoms with Crippen molar-refractivity contribution in [1.82, 2.24) is 29.6 Å². The molecule has 2 aromatic carbocycles. The van der Waals surface area contributed by atoms with Gasteiger partial charge in [0.15, 0.2) is 5.75 Å². The van der Waals surface area contributed by atoms with E-state index in [1.54, 1.807) is 36.3 Å². The molecule has 0 unspecified atom stereocenters. The third-order valence-corrected chi connectivity index (χ3v) is 4.62. The lowest BCUT2D eigenvalue weighted by Crippen LogP contribution is -2.23. The van der Waals surface area contributed by atoms with Crippen LogP contribution in [0, 0.1) is 6.92 Å². The summed E-state index contributed by atoms with van der Waals surface area (Å²) in [7, 11) is 1.56. The number of ether oxygens (including phenoxy) is 1. The summed E-state index contributed by atoms with van der Waals surface area (Å²) in [5.74, 6) is 0.607. The first-order valence-corrected chi connectivity index (χ1v) is 8.92. The molecule has 0 saturated carbocycles. The molecule has 4 rings (SSSR count). The zero-order valence-corrected chi connectivity index (χ0v) is 16.0.